The average molecular weight is 392 g/mol. The van der Waals surface area contributed by atoms with E-state index in [0.717, 1.165) is 29.4 Å². The predicted octanol–water partition coefficient (Wildman–Crippen LogP) is 4.37. The van der Waals surface area contributed by atoms with Crippen LogP contribution in [0.25, 0.3) is 0 Å². The molecule has 0 saturated carbocycles. The van der Waals surface area contributed by atoms with Crippen molar-refractivity contribution in [3.63, 3.8) is 0 Å². The monoisotopic (exact) mass is 390 g/mol. The first-order chi connectivity index (χ1) is 8.93. The van der Waals surface area contributed by atoms with Crippen LogP contribution in [0.3, 0.4) is 0 Å². The lowest BCUT2D eigenvalue weighted by molar-refractivity contribution is 0.409. The highest BCUT2D eigenvalue weighted by atomic mass is 79.9. The molecule has 1 rings (SSSR count). The van der Waals surface area contributed by atoms with Crippen molar-refractivity contribution in [2.45, 2.75) is 19.2 Å². The summed E-state index contributed by atoms with van der Waals surface area (Å²) in [7, 11) is 4.25. The zero-order valence-electron chi connectivity index (χ0n) is 12.3. The Morgan fingerprint density at radius 3 is 2.37 bits per heavy atom. The van der Waals surface area contributed by atoms with Crippen LogP contribution in [0.15, 0.2) is 22.7 Å². The molecule has 0 amide bonds. The van der Waals surface area contributed by atoms with Crippen molar-refractivity contribution in [1.29, 1.82) is 0 Å². The fraction of sp³-hybridized carbons (Fsp3) is 0.600. The summed E-state index contributed by atoms with van der Waals surface area (Å²) in [5.74, 6) is 0.657. The molecule has 1 aromatic rings. The van der Waals surface area contributed by atoms with Gasteiger partial charge in [-0.1, -0.05) is 51.8 Å². The molecule has 0 aromatic heterocycles. The Morgan fingerprint density at radius 1 is 1.16 bits per heavy atom. The lowest BCUT2D eigenvalue weighted by Crippen LogP contribution is -2.35. The van der Waals surface area contributed by atoms with E-state index in [-0.39, 0.29) is 0 Å². The highest BCUT2D eigenvalue weighted by Crippen LogP contribution is 2.27. The van der Waals surface area contributed by atoms with Crippen LogP contribution in [0.5, 0.6) is 0 Å². The van der Waals surface area contributed by atoms with Crippen LogP contribution in [0.4, 0.5) is 5.69 Å². The van der Waals surface area contributed by atoms with Gasteiger partial charge in [-0.3, -0.25) is 0 Å². The second kappa shape index (κ2) is 8.28. The number of hydrogen-bond donors (Lipinski definition) is 0. The molecular weight excluding hydrogens is 368 g/mol. The van der Waals surface area contributed by atoms with Gasteiger partial charge in [0.25, 0.3) is 0 Å². The summed E-state index contributed by atoms with van der Waals surface area (Å²) in [6.45, 7) is 7.76. The van der Waals surface area contributed by atoms with Crippen molar-refractivity contribution < 1.29 is 0 Å². The summed E-state index contributed by atoms with van der Waals surface area (Å²) in [6, 6.07) is 6.53. The largest absolute Gasteiger partial charge is 0.370 e. The number of halogens is 2. The first kappa shape index (κ1) is 17.0. The average Bonchev–Trinajstić information content (AvgIpc) is 2.33. The van der Waals surface area contributed by atoms with Crippen molar-refractivity contribution in [2.75, 3.05) is 38.6 Å². The maximum Gasteiger partial charge on any atom is 0.0419 e. The lowest BCUT2D eigenvalue weighted by Gasteiger charge is -2.30. The minimum absolute atomic E-state index is 0.657. The van der Waals surface area contributed by atoms with Gasteiger partial charge in [-0.25, -0.2) is 0 Å². The number of nitrogens with zero attached hydrogens (tertiary/aromatic N) is 2. The van der Waals surface area contributed by atoms with Gasteiger partial charge in [-0.15, -0.1) is 0 Å². The van der Waals surface area contributed by atoms with E-state index >= 15 is 0 Å². The van der Waals surface area contributed by atoms with Gasteiger partial charge < -0.3 is 9.80 Å². The molecule has 108 valence electrons. The van der Waals surface area contributed by atoms with Gasteiger partial charge in [-0.05, 0) is 37.7 Å². The fourth-order valence-corrected chi connectivity index (χ4v) is 2.84. The first-order valence-electron chi connectivity index (χ1n) is 6.68. The summed E-state index contributed by atoms with van der Waals surface area (Å²) in [5.41, 5.74) is 2.68. The molecule has 4 heteroatoms. The maximum absolute atomic E-state index is 3.60. The third-order valence-electron chi connectivity index (χ3n) is 2.93. The van der Waals surface area contributed by atoms with Crippen molar-refractivity contribution in [2.24, 2.45) is 5.92 Å². The molecule has 0 atom stereocenters. The summed E-state index contributed by atoms with van der Waals surface area (Å²) in [5, 5.41) is 0.895. The SMILES string of the molecule is CC(C)CN(CCN(C)C)c1cc(Br)ccc1CBr. The smallest absolute Gasteiger partial charge is 0.0419 e. The number of hydrogen-bond acceptors (Lipinski definition) is 2. The minimum atomic E-state index is 0.657. The number of anilines is 1. The van der Waals surface area contributed by atoms with Gasteiger partial charge >= 0.3 is 0 Å². The topological polar surface area (TPSA) is 6.48 Å². The predicted molar refractivity (Wildman–Crippen MR) is 92.4 cm³/mol. The molecule has 0 heterocycles. The standard InChI is InChI=1S/C15H24Br2N2/c1-12(2)11-19(8-7-18(3)4)15-9-14(17)6-5-13(15)10-16/h5-6,9,12H,7-8,10-11H2,1-4H3. The van der Waals surface area contributed by atoms with Crippen molar-refractivity contribution >= 4 is 37.5 Å². The van der Waals surface area contributed by atoms with E-state index in [1.54, 1.807) is 0 Å². The van der Waals surface area contributed by atoms with Gasteiger partial charge in [0.05, 0.1) is 0 Å². The normalized spacial score (nSPS) is 11.4. The third kappa shape index (κ3) is 5.84. The summed E-state index contributed by atoms with van der Waals surface area (Å²) < 4.78 is 1.14. The molecule has 0 unspecified atom stereocenters. The van der Waals surface area contributed by atoms with Gasteiger partial charge in [0.15, 0.2) is 0 Å². The molecule has 0 aliphatic heterocycles. The number of alkyl halides is 1. The lowest BCUT2D eigenvalue weighted by atomic mass is 10.1. The zero-order valence-corrected chi connectivity index (χ0v) is 15.5. The molecule has 0 aliphatic rings. The van der Waals surface area contributed by atoms with E-state index in [9.17, 15) is 0 Å². The Labute approximate surface area is 134 Å². The molecule has 1 aromatic carbocycles. The molecule has 0 bridgehead atoms. The fourth-order valence-electron chi connectivity index (χ4n) is 2.02. The van der Waals surface area contributed by atoms with Crippen LogP contribution in [0.2, 0.25) is 0 Å². The minimum Gasteiger partial charge on any atom is -0.370 e. The van der Waals surface area contributed by atoms with Crippen LogP contribution < -0.4 is 4.90 Å². The van der Waals surface area contributed by atoms with Crippen LogP contribution in [0.1, 0.15) is 19.4 Å². The molecule has 0 aliphatic carbocycles. The second-order valence-corrected chi connectivity index (χ2v) is 7.03. The van der Waals surface area contributed by atoms with E-state index in [0.29, 0.717) is 5.92 Å². The van der Waals surface area contributed by atoms with E-state index < -0.39 is 0 Å². The van der Waals surface area contributed by atoms with E-state index in [2.05, 4.69) is 87.8 Å². The Hall–Kier alpha value is -0.0600. The Balaban J connectivity index is 2.97. The van der Waals surface area contributed by atoms with Gasteiger partial charge in [0.2, 0.25) is 0 Å². The molecule has 0 radical (unpaired) electrons. The van der Waals surface area contributed by atoms with Crippen LogP contribution in [-0.2, 0) is 5.33 Å². The molecule has 0 fully saturated rings. The van der Waals surface area contributed by atoms with Crippen LogP contribution >= 0.6 is 31.9 Å². The summed E-state index contributed by atoms with van der Waals surface area (Å²) in [4.78, 5) is 4.73. The van der Waals surface area contributed by atoms with Crippen molar-refractivity contribution in [3.8, 4) is 0 Å². The molecule has 0 N–H and O–H groups in total. The van der Waals surface area contributed by atoms with Gasteiger partial charge in [0, 0.05) is 35.1 Å². The molecular formula is C15H24Br2N2. The van der Waals surface area contributed by atoms with Crippen LogP contribution in [0, 0.1) is 5.92 Å². The quantitative estimate of drug-likeness (QED) is 0.636. The summed E-state index contributed by atoms with van der Waals surface area (Å²) >= 11 is 7.18. The van der Waals surface area contributed by atoms with Crippen molar-refractivity contribution in [1.82, 2.24) is 4.90 Å². The van der Waals surface area contributed by atoms with Gasteiger partial charge in [0.1, 0.15) is 0 Å². The Kier molecular flexibility index (Phi) is 7.40. The number of benzene rings is 1. The van der Waals surface area contributed by atoms with Crippen molar-refractivity contribution in [3.05, 3.63) is 28.2 Å². The van der Waals surface area contributed by atoms with E-state index in [1.807, 2.05) is 0 Å². The molecule has 19 heavy (non-hydrogen) atoms. The van der Waals surface area contributed by atoms with E-state index in [4.69, 9.17) is 0 Å². The molecule has 2 nitrogen and oxygen atoms in total. The number of rotatable bonds is 7. The molecule has 0 spiro atoms. The highest BCUT2D eigenvalue weighted by Gasteiger charge is 2.13. The third-order valence-corrected chi connectivity index (χ3v) is 4.03. The van der Waals surface area contributed by atoms with E-state index in [1.165, 1.54) is 11.3 Å². The molecule has 0 saturated heterocycles. The Bertz CT molecular complexity index is 392. The Morgan fingerprint density at radius 2 is 1.84 bits per heavy atom. The zero-order chi connectivity index (χ0) is 14.4. The second-order valence-electron chi connectivity index (χ2n) is 5.55. The number of likely N-dealkylation sites (N-methyl/N-ethyl adjacent to an activating group) is 1. The first-order valence-corrected chi connectivity index (χ1v) is 8.59. The maximum atomic E-state index is 3.60. The highest BCUT2D eigenvalue weighted by molar-refractivity contribution is 9.10. The van der Waals surface area contributed by atoms with Gasteiger partial charge in [-0.2, -0.15) is 0 Å². The van der Waals surface area contributed by atoms with Crippen LogP contribution in [-0.4, -0.2) is 38.6 Å². The summed E-state index contributed by atoms with van der Waals surface area (Å²) in [6.07, 6.45) is 0.